The van der Waals surface area contributed by atoms with Crippen molar-refractivity contribution in [2.24, 2.45) is 5.41 Å². The second-order valence-corrected chi connectivity index (χ2v) is 5.36. The van der Waals surface area contributed by atoms with Gasteiger partial charge < -0.3 is 14.4 Å². The van der Waals surface area contributed by atoms with Gasteiger partial charge in [0.25, 0.3) is 5.91 Å². The molecule has 0 saturated carbocycles. The number of carbonyl (C=O) groups excluding carboxylic acids is 4. The van der Waals surface area contributed by atoms with Gasteiger partial charge in [-0.05, 0) is 0 Å². The quantitative estimate of drug-likeness (QED) is 0.647. The van der Waals surface area contributed by atoms with Crippen LogP contribution in [0.4, 0.5) is 0 Å². The summed E-state index contributed by atoms with van der Waals surface area (Å²) < 4.78 is 9.04. The van der Waals surface area contributed by atoms with Crippen molar-refractivity contribution in [3.63, 3.8) is 0 Å². The summed E-state index contributed by atoms with van der Waals surface area (Å²) in [5, 5.41) is 0. The van der Waals surface area contributed by atoms with E-state index in [1.54, 1.807) is 20.8 Å². The van der Waals surface area contributed by atoms with Crippen LogP contribution in [0.15, 0.2) is 0 Å². The highest BCUT2D eigenvalue weighted by molar-refractivity contribution is 5.90. The van der Waals surface area contributed by atoms with Gasteiger partial charge >= 0.3 is 11.9 Å². The molecule has 0 saturated heterocycles. The van der Waals surface area contributed by atoms with Crippen molar-refractivity contribution in [2.45, 2.75) is 27.7 Å². The number of nitrogens with zero attached hydrogens (tertiary/aromatic N) is 1. The number of esters is 2. The second-order valence-electron chi connectivity index (χ2n) is 5.36. The van der Waals surface area contributed by atoms with Gasteiger partial charge in [0.1, 0.15) is 0 Å². The van der Waals surface area contributed by atoms with E-state index in [1.165, 1.54) is 11.9 Å². The number of hydrogen-bond acceptors (Lipinski definition) is 6. The molecule has 0 atom stereocenters. The Balaban J connectivity index is 4.12. The molecule has 20 heavy (non-hydrogen) atoms. The number of hydrogen-bond donors (Lipinski definition) is 0. The van der Waals surface area contributed by atoms with Gasteiger partial charge in [-0.2, -0.15) is 0 Å². The molecular formula is C13H21NO6. The van der Waals surface area contributed by atoms with Gasteiger partial charge in [-0.15, -0.1) is 0 Å². The van der Waals surface area contributed by atoms with Crippen molar-refractivity contribution >= 4 is 23.6 Å². The first-order valence-corrected chi connectivity index (χ1v) is 6.10. The van der Waals surface area contributed by atoms with Crippen LogP contribution < -0.4 is 0 Å². The molecule has 0 bridgehead atoms. The molecule has 0 rings (SSSR count). The summed E-state index contributed by atoms with van der Waals surface area (Å²) in [5.41, 5.74) is -0.541. The van der Waals surface area contributed by atoms with Crippen LogP contribution in [0.1, 0.15) is 27.7 Å². The van der Waals surface area contributed by atoms with Crippen molar-refractivity contribution in [3.8, 4) is 0 Å². The highest BCUT2D eigenvalue weighted by Crippen LogP contribution is 2.14. The lowest BCUT2D eigenvalue weighted by molar-refractivity contribution is -0.160. The van der Waals surface area contributed by atoms with E-state index in [2.05, 4.69) is 9.47 Å². The van der Waals surface area contributed by atoms with E-state index < -0.39 is 36.5 Å². The Hall–Kier alpha value is -1.92. The molecule has 7 nitrogen and oxygen atoms in total. The average molecular weight is 287 g/mol. The molecule has 0 N–H and O–H groups in total. The van der Waals surface area contributed by atoms with Crippen LogP contribution in [0, 0.1) is 5.41 Å². The second kappa shape index (κ2) is 7.62. The van der Waals surface area contributed by atoms with Crippen LogP contribution in [-0.2, 0) is 28.7 Å². The zero-order chi connectivity index (χ0) is 15.9. The number of ether oxygens (including phenoxy) is 2. The Labute approximate surface area is 118 Å². The van der Waals surface area contributed by atoms with E-state index in [9.17, 15) is 19.2 Å². The molecule has 0 heterocycles. The predicted molar refractivity (Wildman–Crippen MR) is 69.7 cm³/mol. The average Bonchev–Trinajstić information content (AvgIpc) is 2.31. The van der Waals surface area contributed by atoms with Crippen molar-refractivity contribution in [2.75, 3.05) is 26.8 Å². The number of carbonyl (C=O) groups is 4. The maximum absolute atomic E-state index is 11.7. The lowest BCUT2D eigenvalue weighted by Crippen LogP contribution is -2.39. The Morgan fingerprint density at radius 2 is 1.55 bits per heavy atom. The van der Waals surface area contributed by atoms with E-state index in [-0.39, 0.29) is 12.3 Å². The molecule has 0 aliphatic rings. The van der Waals surface area contributed by atoms with E-state index in [4.69, 9.17) is 0 Å². The number of likely N-dealkylation sites (N-methyl/N-ethyl adjacent to an activating group) is 1. The minimum absolute atomic E-state index is 0.0518. The summed E-state index contributed by atoms with van der Waals surface area (Å²) in [5.74, 6) is -2.02. The first kappa shape index (κ1) is 18.1. The lowest BCUT2D eigenvalue weighted by atomic mass is 9.90. The molecule has 114 valence electrons. The normalized spacial score (nSPS) is 10.7. The van der Waals surface area contributed by atoms with Crippen LogP contribution in [0.3, 0.4) is 0 Å². The predicted octanol–water partition coefficient (Wildman–Crippen LogP) is 0.166. The molecule has 0 radical (unpaired) electrons. The summed E-state index contributed by atoms with van der Waals surface area (Å²) in [6.07, 6.45) is 0. The molecule has 0 unspecified atom stereocenters. The molecule has 0 aromatic heterocycles. The van der Waals surface area contributed by atoms with E-state index in [1.807, 2.05) is 0 Å². The Morgan fingerprint density at radius 3 is 2.00 bits per heavy atom. The Kier molecular flexibility index (Phi) is 6.89. The number of ketones is 1. The van der Waals surface area contributed by atoms with Crippen LogP contribution >= 0.6 is 0 Å². The summed E-state index contributed by atoms with van der Waals surface area (Å²) in [7, 11) is 1.45. The largest absolute Gasteiger partial charge is 0.454 e. The zero-order valence-electron chi connectivity index (χ0n) is 12.5. The van der Waals surface area contributed by atoms with Crippen LogP contribution in [-0.4, -0.2) is 55.3 Å². The highest BCUT2D eigenvalue weighted by Gasteiger charge is 2.24. The zero-order valence-corrected chi connectivity index (χ0v) is 12.5. The summed E-state index contributed by atoms with van der Waals surface area (Å²) in [6.45, 7) is 5.35. The van der Waals surface area contributed by atoms with Gasteiger partial charge in [0.15, 0.2) is 19.0 Å². The van der Waals surface area contributed by atoms with E-state index in [0.717, 1.165) is 6.92 Å². The third-order valence-electron chi connectivity index (χ3n) is 2.39. The lowest BCUT2D eigenvalue weighted by Gasteiger charge is -2.22. The molecule has 0 aromatic carbocycles. The van der Waals surface area contributed by atoms with Crippen LogP contribution in [0.2, 0.25) is 0 Å². The number of amides is 1. The monoisotopic (exact) mass is 287 g/mol. The third kappa shape index (κ3) is 7.50. The smallest absolute Gasteiger partial charge is 0.344 e. The first-order chi connectivity index (χ1) is 9.04. The Morgan fingerprint density at radius 1 is 1.00 bits per heavy atom. The fraction of sp³-hybridized carbons (Fsp3) is 0.692. The van der Waals surface area contributed by atoms with Gasteiger partial charge in [-0.25, -0.2) is 4.79 Å². The van der Waals surface area contributed by atoms with Crippen molar-refractivity contribution in [3.05, 3.63) is 0 Å². The van der Waals surface area contributed by atoms with Gasteiger partial charge in [0, 0.05) is 19.4 Å². The summed E-state index contributed by atoms with van der Waals surface area (Å²) in [4.78, 5) is 46.1. The molecule has 0 aliphatic heterocycles. The minimum atomic E-state index is -0.816. The maximum Gasteiger partial charge on any atom is 0.344 e. The SMILES string of the molecule is CC(=O)OCC(=O)OCC(=O)N(C)CC(=O)C(C)(C)C. The highest BCUT2D eigenvalue weighted by atomic mass is 16.6. The van der Waals surface area contributed by atoms with E-state index >= 15 is 0 Å². The van der Waals surface area contributed by atoms with E-state index in [0.29, 0.717) is 0 Å². The first-order valence-electron chi connectivity index (χ1n) is 6.10. The molecular weight excluding hydrogens is 266 g/mol. The maximum atomic E-state index is 11.7. The fourth-order valence-electron chi connectivity index (χ4n) is 0.995. The summed E-state index contributed by atoms with van der Waals surface area (Å²) >= 11 is 0. The molecule has 7 heteroatoms. The molecule has 0 spiro atoms. The van der Waals surface area contributed by atoms with Crippen molar-refractivity contribution in [1.82, 2.24) is 4.90 Å². The fourth-order valence-corrected chi connectivity index (χ4v) is 0.995. The Bertz CT molecular complexity index is 396. The van der Waals surface area contributed by atoms with Crippen LogP contribution in [0.25, 0.3) is 0 Å². The number of Topliss-reactive ketones (excluding diaryl/α,β-unsaturated/α-hetero) is 1. The van der Waals surface area contributed by atoms with Crippen LogP contribution in [0.5, 0.6) is 0 Å². The van der Waals surface area contributed by atoms with Gasteiger partial charge in [0.05, 0.1) is 6.54 Å². The molecule has 0 aromatic rings. The number of rotatable bonds is 6. The summed E-state index contributed by atoms with van der Waals surface area (Å²) in [6, 6.07) is 0. The van der Waals surface area contributed by atoms with Gasteiger partial charge in [0.2, 0.25) is 0 Å². The van der Waals surface area contributed by atoms with Crippen molar-refractivity contribution < 1.29 is 28.7 Å². The van der Waals surface area contributed by atoms with Gasteiger partial charge in [-0.3, -0.25) is 14.4 Å². The molecule has 0 fully saturated rings. The van der Waals surface area contributed by atoms with Gasteiger partial charge in [-0.1, -0.05) is 20.8 Å². The topological polar surface area (TPSA) is 90.0 Å². The standard InChI is InChI=1S/C13H21NO6/c1-9(15)19-8-12(18)20-7-11(17)14(5)6-10(16)13(2,3)4/h6-8H2,1-5H3. The van der Waals surface area contributed by atoms with Crippen molar-refractivity contribution in [1.29, 1.82) is 0 Å². The molecule has 1 amide bonds. The molecule has 0 aliphatic carbocycles. The minimum Gasteiger partial charge on any atom is -0.454 e. The third-order valence-corrected chi connectivity index (χ3v) is 2.39.